The molecule has 0 bridgehead atoms. The topological polar surface area (TPSA) is 29.9 Å². The first kappa shape index (κ1) is 11.3. The van der Waals surface area contributed by atoms with Crippen molar-refractivity contribution in [1.29, 1.82) is 0 Å². The molecule has 2 aliphatic rings. The van der Waals surface area contributed by atoms with E-state index in [0.29, 0.717) is 6.04 Å². The van der Waals surface area contributed by atoms with Crippen LogP contribution in [0.3, 0.4) is 0 Å². The maximum Gasteiger partial charge on any atom is 0.0537 e. The minimum Gasteiger partial charge on any atom is -0.316 e. The first-order chi connectivity index (χ1) is 8.40. The first-order valence-electron chi connectivity index (χ1n) is 7.11. The van der Waals surface area contributed by atoms with Gasteiger partial charge in [-0.05, 0) is 32.7 Å². The van der Waals surface area contributed by atoms with Crippen LogP contribution in [0.4, 0.5) is 0 Å². The Morgan fingerprint density at radius 3 is 2.65 bits per heavy atom. The fourth-order valence-electron chi connectivity index (χ4n) is 3.16. The minimum atomic E-state index is 0.685. The Balaban J connectivity index is 1.86. The van der Waals surface area contributed by atoms with E-state index in [9.17, 15) is 0 Å². The average Bonchev–Trinajstić information content (AvgIpc) is 3.12. The van der Waals surface area contributed by atoms with Gasteiger partial charge in [0.1, 0.15) is 0 Å². The molecule has 0 aliphatic heterocycles. The summed E-state index contributed by atoms with van der Waals surface area (Å²) < 4.78 is 2.38. The van der Waals surface area contributed by atoms with Gasteiger partial charge in [0, 0.05) is 23.7 Å². The van der Waals surface area contributed by atoms with Crippen LogP contribution >= 0.6 is 0 Å². The summed E-state index contributed by atoms with van der Waals surface area (Å²) in [6.45, 7) is 0.971. The molecule has 1 heterocycles. The Hall–Kier alpha value is -0.830. The third-order valence-corrected chi connectivity index (χ3v) is 4.17. The van der Waals surface area contributed by atoms with Gasteiger partial charge in [-0.25, -0.2) is 0 Å². The monoisotopic (exact) mass is 233 g/mol. The highest BCUT2D eigenvalue weighted by atomic mass is 15.3. The van der Waals surface area contributed by atoms with Crippen LogP contribution < -0.4 is 5.32 Å². The molecule has 0 amide bonds. The molecule has 2 aliphatic carbocycles. The fraction of sp³-hybridized carbons (Fsp3) is 0.786. The van der Waals surface area contributed by atoms with Gasteiger partial charge in [-0.2, -0.15) is 5.10 Å². The van der Waals surface area contributed by atoms with Crippen molar-refractivity contribution in [3.63, 3.8) is 0 Å². The zero-order valence-corrected chi connectivity index (χ0v) is 10.8. The van der Waals surface area contributed by atoms with E-state index < -0.39 is 0 Å². The van der Waals surface area contributed by atoms with Gasteiger partial charge >= 0.3 is 0 Å². The number of nitrogens with one attached hydrogen (secondary N) is 1. The SMILES string of the molecule is CNCc1cnn(C2CCCCC2)c1C1CC1. The standard InChI is InChI=1S/C14H23N3/c1-15-9-12-10-16-17(14(12)11-7-8-11)13-5-3-2-4-6-13/h10-11,13,15H,2-9H2,1H3. The molecular formula is C14H23N3. The average molecular weight is 233 g/mol. The van der Waals surface area contributed by atoms with Gasteiger partial charge in [-0.3, -0.25) is 4.68 Å². The predicted molar refractivity (Wildman–Crippen MR) is 69.1 cm³/mol. The highest BCUT2D eigenvalue weighted by molar-refractivity contribution is 5.26. The summed E-state index contributed by atoms with van der Waals surface area (Å²) in [5, 5.41) is 7.97. The Kier molecular flexibility index (Phi) is 3.19. The van der Waals surface area contributed by atoms with Crippen molar-refractivity contribution in [2.45, 2.75) is 63.5 Å². The predicted octanol–water partition coefficient (Wildman–Crippen LogP) is 2.99. The molecule has 2 saturated carbocycles. The first-order valence-corrected chi connectivity index (χ1v) is 7.11. The van der Waals surface area contributed by atoms with Gasteiger partial charge in [0.05, 0.1) is 12.2 Å². The van der Waals surface area contributed by atoms with E-state index in [1.54, 1.807) is 5.69 Å². The summed E-state index contributed by atoms with van der Waals surface area (Å²) in [5.74, 6) is 0.808. The van der Waals surface area contributed by atoms with Crippen molar-refractivity contribution in [3.05, 3.63) is 17.5 Å². The summed E-state index contributed by atoms with van der Waals surface area (Å²) in [6, 6.07) is 0.685. The lowest BCUT2D eigenvalue weighted by atomic mass is 9.95. The molecule has 0 radical (unpaired) electrons. The fourth-order valence-corrected chi connectivity index (χ4v) is 3.16. The van der Waals surface area contributed by atoms with Crippen molar-refractivity contribution in [1.82, 2.24) is 15.1 Å². The Bertz CT molecular complexity index is 373. The van der Waals surface area contributed by atoms with Crippen LogP contribution in [0, 0.1) is 0 Å². The maximum absolute atomic E-state index is 4.70. The largest absolute Gasteiger partial charge is 0.316 e. The second-order valence-corrected chi connectivity index (χ2v) is 5.60. The van der Waals surface area contributed by atoms with Crippen LogP contribution in [-0.4, -0.2) is 16.8 Å². The van der Waals surface area contributed by atoms with Gasteiger partial charge in [-0.1, -0.05) is 19.3 Å². The molecular weight excluding hydrogens is 210 g/mol. The highest BCUT2D eigenvalue weighted by Gasteiger charge is 2.32. The van der Waals surface area contributed by atoms with Crippen molar-refractivity contribution in [2.75, 3.05) is 7.05 Å². The van der Waals surface area contributed by atoms with E-state index in [-0.39, 0.29) is 0 Å². The molecule has 3 rings (SSSR count). The molecule has 94 valence electrons. The smallest absolute Gasteiger partial charge is 0.0537 e. The van der Waals surface area contributed by atoms with Crippen LogP contribution in [0.25, 0.3) is 0 Å². The Morgan fingerprint density at radius 1 is 1.24 bits per heavy atom. The van der Waals surface area contributed by atoms with Crippen molar-refractivity contribution in [3.8, 4) is 0 Å². The molecule has 1 aromatic rings. The second-order valence-electron chi connectivity index (χ2n) is 5.60. The third-order valence-electron chi connectivity index (χ3n) is 4.17. The van der Waals surface area contributed by atoms with E-state index in [2.05, 4.69) is 16.2 Å². The third kappa shape index (κ3) is 2.25. The van der Waals surface area contributed by atoms with Gasteiger partial charge in [0.15, 0.2) is 0 Å². The maximum atomic E-state index is 4.70. The minimum absolute atomic E-state index is 0.685. The molecule has 2 fully saturated rings. The van der Waals surface area contributed by atoms with Crippen molar-refractivity contribution >= 4 is 0 Å². The molecule has 1 aromatic heterocycles. The lowest BCUT2D eigenvalue weighted by molar-refractivity contribution is 0.321. The summed E-state index contributed by atoms with van der Waals surface area (Å²) in [6.07, 6.45) is 11.7. The second kappa shape index (κ2) is 4.81. The van der Waals surface area contributed by atoms with Gasteiger partial charge in [0.2, 0.25) is 0 Å². The van der Waals surface area contributed by atoms with Crippen LogP contribution in [0.1, 0.15) is 68.2 Å². The van der Waals surface area contributed by atoms with Crippen LogP contribution in [-0.2, 0) is 6.54 Å². The van der Waals surface area contributed by atoms with Gasteiger partial charge < -0.3 is 5.32 Å². The van der Waals surface area contributed by atoms with Gasteiger partial charge in [0.25, 0.3) is 0 Å². The van der Waals surface area contributed by atoms with Crippen molar-refractivity contribution < 1.29 is 0 Å². The van der Waals surface area contributed by atoms with Crippen LogP contribution in [0.15, 0.2) is 6.20 Å². The molecule has 1 N–H and O–H groups in total. The number of nitrogens with zero attached hydrogens (tertiary/aromatic N) is 2. The molecule has 0 atom stereocenters. The molecule has 17 heavy (non-hydrogen) atoms. The summed E-state index contributed by atoms with van der Waals surface area (Å²) in [7, 11) is 2.02. The highest BCUT2D eigenvalue weighted by Crippen LogP contribution is 2.43. The van der Waals surface area contributed by atoms with Crippen molar-refractivity contribution in [2.24, 2.45) is 0 Å². The normalized spacial score (nSPS) is 21.9. The van der Waals surface area contributed by atoms with E-state index in [1.165, 1.54) is 50.5 Å². The van der Waals surface area contributed by atoms with Gasteiger partial charge in [-0.15, -0.1) is 0 Å². The lowest BCUT2D eigenvalue weighted by Gasteiger charge is -2.24. The van der Waals surface area contributed by atoms with E-state index in [0.717, 1.165) is 12.5 Å². The number of hydrogen-bond donors (Lipinski definition) is 1. The number of rotatable bonds is 4. The summed E-state index contributed by atoms with van der Waals surface area (Å²) in [5.41, 5.74) is 2.98. The van der Waals surface area contributed by atoms with Crippen LogP contribution in [0.5, 0.6) is 0 Å². The summed E-state index contributed by atoms with van der Waals surface area (Å²) in [4.78, 5) is 0. The molecule has 3 nitrogen and oxygen atoms in total. The Morgan fingerprint density at radius 2 is 2.00 bits per heavy atom. The van der Waals surface area contributed by atoms with E-state index in [1.807, 2.05) is 7.05 Å². The Labute approximate surface area is 104 Å². The molecule has 0 saturated heterocycles. The molecule has 3 heteroatoms. The molecule has 0 unspecified atom stereocenters. The zero-order chi connectivity index (χ0) is 11.7. The lowest BCUT2D eigenvalue weighted by Crippen LogP contribution is -2.17. The van der Waals surface area contributed by atoms with Crippen LogP contribution in [0.2, 0.25) is 0 Å². The quantitative estimate of drug-likeness (QED) is 0.866. The number of aromatic nitrogens is 2. The van der Waals surface area contributed by atoms with E-state index >= 15 is 0 Å². The molecule has 0 aromatic carbocycles. The zero-order valence-electron chi connectivity index (χ0n) is 10.8. The van der Waals surface area contributed by atoms with E-state index in [4.69, 9.17) is 5.10 Å². The number of hydrogen-bond acceptors (Lipinski definition) is 2. The molecule has 0 spiro atoms. The summed E-state index contributed by atoms with van der Waals surface area (Å²) >= 11 is 0.